The van der Waals surface area contributed by atoms with Gasteiger partial charge in [0.05, 0.1) is 9.85 Å². The van der Waals surface area contributed by atoms with E-state index < -0.39 is 62.6 Å². The number of nitro groups is 2. The average molecular weight is 447 g/mol. The number of nitro benzene ring substituents is 2. The lowest BCUT2D eigenvalue weighted by Crippen LogP contribution is -2.45. The van der Waals surface area contributed by atoms with Gasteiger partial charge in [-0.15, -0.1) is 0 Å². The van der Waals surface area contributed by atoms with Gasteiger partial charge in [-0.05, 0) is 25.1 Å². The Bertz CT molecular complexity index is 1040. The molecule has 0 aliphatic carbocycles. The summed E-state index contributed by atoms with van der Waals surface area (Å²) in [5, 5.41) is 33.5. The van der Waals surface area contributed by atoms with Crippen LogP contribution in [0.3, 0.4) is 0 Å². The van der Waals surface area contributed by atoms with E-state index in [2.05, 4.69) is 0 Å². The molecule has 0 heterocycles. The van der Waals surface area contributed by atoms with Gasteiger partial charge in [0.1, 0.15) is 17.9 Å². The molecule has 1 amide bonds. The first-order valence-electron chi connectivity index (χ1n) is 8.18. The number of nitrogens with zero attached hydrogens (tertiary/aromatic N) is 2. The molecule has 14 heteroatoms. The third-order valence-corrected chi connectivity index (χ3v) is 3.88. The summed E-state index contributed by atoms with van der Waals surface area (Å²) in [5.41, 5.74) is -6.47. The van der Waals surface area contributed by atoms with Crippen LogP contribution in [0, 0.1) is 26.0 Å². The third-order valence-electron chi connectivity index (χ3n) is 3.88. The number of rotatable bonds is 7. The molecular formula is C17H13F4N3O7. The minimum Gasteiger partial charge on any atom is -0.490 e. The largest absolute Gasteiger partial charge is 0.490 e. The fraction of sp³-hybridized carbons (Fsp3) is 0.235. The van der Waals surface area contributed by atoms with Crippen molar-refractivity contribution in [1.29, 1.82) is 0 Å². The van der Waals surface area contributed by atoms with Gasteiger partial charge in [-0.3, -0.25) is 25.0 Å². The van der Waals surface area contributed by atoms with Crippen LogP contribution in [0.4, 0.5) is 34.6 Å². The van der Waals surface area contributed by atoms with Crippen LogP contribution in [0.5, 0.6) is 5.75 Å². The maximum atomic E-state index is 13.6. The third kappa shape index (κ3) is 5.63. The lowest BCUT2D eigenvalue weighted by atomic mass is 10.1. The Morgan fingerprint density at radius 3 is 2.19 bits per heavy atom. The van der Waals surface area contributed by atoms with Gasteiger partial charge in [0, 0.05) is 23.9 Å². The van der Waals surface area contributed by atoms with Crippen LogP contribution in [0.1, 0.15) is 12.5 Å². The van der Waals surface area contributed by atoms with E-state index in [0.717, 1.165) is 25.1 Å². The second-order valence-electron chi connectivity index (χ2n) is 6.37. The molecule has 2 N–H and O–H groups in total. The monoisotopic (exact) mass is 447 g/mol. The molecule has 2 aromatic rings. The van der Waals surface area contributed by atoms with Crippen molar-refractivity contribution in [3.05, 3.63) is 68.0 Å². The molecule has 0 aliphatic rings. The summed E-state index contributed by atoms with van der Waals surface area (Å²) < 4.78 is 57.7. The van der Waals surface area contributed by atoms with Crippen LogP contribution in [0.25, 0.3) is 0 Å². The highest BCUT2D eigenvalue weighted by Crippen LogP contribution is 2.37. The lowest BCUT2D eigenvalue weighted by molar-refractivity contribution is -0.388. The summed E-state index contributed by atoms with van der Waals surface area (Å²) in [5.74, 6) is -2.71. The minimum absolute atomic E-state index is 0.258. The molecule has 31 heavy (non-hydrogen) atoms. The number of ether oxygens (including phenoxy) is 1. The average Bonchev–Trinajstić information content (AvgIpc) is 2.65. The standard InChI is InChI=1S/C17H13F4N3O7/c1-16(26,8-31-10-3-5-14(24(29)30)12(18)7-10)15(25)22-9-2-4-13(23(27)28)11(6-9)17(19,20)21/h2-7,26H,8H2,1H3,(H,22,25)/t16-/m0/s1. The molecule has 1 atom stereocenters. The van der Waals surface area contributed by atoms with Crippen molar-refractivity contribution in [2.75, 3.05) is 11.9 Å². The highest BCUT2D eigenvalue weighted by Gasteiger charge is 2.39. The Balaban J connectivity index is 2.14. The van der Waals surface area contributed by atoms with Gasteiger partial charge in [-0.1, -0.05) is 0 Å². The van der Waals surface area contributed by atoms with Gasteiger partial charge < -0.3 is 15.2 Å². The fourth-order valence-electron chi connectivity index (χ4n) is 2.28. The molecule has 10 nitrogen and oxygen atoms in total. The molecule has 2 aromatic carbocycles. The van der Waals surface area contributed by atoms with E-state index in [9.17, 15) is 47.7 Å². The highest BCUT2D eigenvalue weighted by atomic mass is 19.4. The molecular weight excluding hydrogens is 434 g/mol. The molecule has 0 aliphatic heterocycles. The molecule has 0 aromatic heterocycles. The second kappa shape index (κ2) is 8.51. The molecule has 0 saturated heterocycles. The van der Waals surface area contributed by atoms with E-state index in [1.807, 2.05) is 5.32 Å². The molecule has 166 valence electrons. The van der Waals surface area contributed by atoms with Gasteiger partial charge in [0.25, 0.3) is 11.6 Å². The number of anilines is 1. The Kier molecular flexibility index (Phi) is 6.44. The first-order chi connectivity index (χ1) is 14.2. The van der Waals surface area contributed by atoms with E-state index >= 15 is 0 Å². The van der Waals surface area contributed by atoms with Gasteiger partial charge >= 0.3 is 11.9 Å². The van der Waals surface area contributed by atoms with Crippen molar-refractivity contribution >= 4 is 23.0 Å². The van der Waals surface area contributed by atoms with Gasteiger partial charge in [0.2, 0.25) is 5.82 Å². The van der Waals surface area contributed by atoms with Crippen molar-refractivity contribution < 1.29 is 42.0 Å². The Morgan fingerprint density at radius 1 is 1.10 bits per heavy atom. The number of aliphatic hydroxyl groups is 1. The molecule has 0 spiro atoms. The summed E-state index contributed by atoms with van der Waals surface area (Å²) in [4.78, 5) is 31.4. The number of carbonyl (C=O) groups excluding carboxylic acids is 1. The zero-order valence-electron chi connectivity index (χ0n) is 15.5. The van der Waals surface area contributed by atoms with Crippen molar-refractivity contribution in [3.8, 4) is 5.75 Å². The topological polar surface area (TPSA) is 145 Å². The van der Waals surface area contributed by atoms with Gasteiger partial charge in [-0.2, -0.15) is 17.6 Å². The molecule has 0 unspecified atom stereocenters. The van der Waals surface area contributed by atoms with E-state index in [1.54, 1.807) is 0 Å². The van der Waals surface area contributed by atoms with E-state index in [-0.39, 0.29) is 5.75 Å². The van der Waals surface area contributed by atoms with Crippen molar-refractivity contribution in [1.82, 2.24) is 0 Å². The maximum Gasteiger partial charge on any atom is 0.423 e. The molecule has 2 rings (SSSR count). The quantitative estimate of drug-likeness (QED) is 0.376. The Morgan fingerprint density at radius 2 is 1.68 bits per heavy atom. The van der Waals surface area contributed by atoms with E-state index in [4.69, 9.17) is 4.74 Å². The molecule has 0 bridgehead atoms. The number of benzene rings is 2. The molecule has 0 fully saturated rings. The Labute approximate surface area is 170 Å². The SMILES string of the molecule is C[C@](O)(COc1ccc([N+](=O)[O-])c(F)c1)C(=O)Nc1ccc([N+](=O)[O-])c(C(F)(F)F)c1. The summed E-state index contributed by atoms with van der Waals surface area (Å²) in [6.45, 7) is 0.148. The minimum atomic E-state index is -5.07. The summed E-state index contributed by atoms with van der Waals surface area (Å²) in [7, 11) is 0. The van der Waals surface area contributed by atoms with Crippen LogP contribution in [-0.4, -0.2) is 33.1 Å². The normalized spacial score (nSPS) is 13.2. The number of carbonyl (C=O) groups is 1. The zero-order valence-corrected chi connectivity index (χ0v) is 15.5. The van der Waals surface area contributed by atoms with Crippen LogP contribution >= 0.6 is 0 Å². The molecule has 0 radical (unpaired) electrons. The fourth-order valence-corrected chi connectivity index (χ4v) is 2.28. The van der Waals surface area contributed by atoms with E-state index in [0.29, 0.717) is 18.2 Å². The number of hydrogen-bond acceptors (Lipinski definition) is 7. The summed E-state index contributed by atoms with van der Waals surface area (Å²) in [6, 6.07) is 4.18. The van der Waals surface area contributed by atoms with Crippen LogP contribution in [0.15, 0.2) is 36.4 Å². The predicted molar refractivity (Wildman–Crippen MR) is 95.9 cm³/mol. The zero-order chi connectivity index (χ0) is 23.6. The van der Waals surface area contributed by atoms with Gasteiger partial charge in [-0.25, -0.2) is 0 Å². The van der Waals surface area contributed by atoms with Crippen molar-refractivity contribution in [3.63, 3.8) is 0 Å². The molecule has 0 saturated carbocycles. The number of hydrogen-bond donors (Lipinski definition) is 2. The number of nitrogens with one attached hydrogen (secondary N) is 1. The lowest BCUT2D eigenvalue weighted by Gasteiger charge is -2.23. The van der Waals surface area contributed by atoms with Gasteiger partial charge in [0.15, 0.2) is 5.60 Å². The van der Waals surface area contributed by atoms with Crippen LogP contribution < -0.4 is 10.1 Å². The summed E-state index contributed by atoms with van der Waals surface area (Å²) in [6.07, 6.45) is -5.07. The second-order valence-corrected chi connectivity index (χ2v) is 6.37. The van der Waals surface area contributed by atoms with E-state index in [1.165, 1.54) is 0 Å². The number of alkyl halides is 3. The smallest absolute Gasteiger partial charge is 0.423 e. The first kappa shape index (κ1) is 23.5. The van der Waals surface area contributed by atoms with Crippen molar-refractivity contribution in [2.24, 2.45) is 0 Å². The van der Waals surface area contributed by atoms with Crippen LogP contribution in [-0.2, 0) is 11.0 Å². The first-order valence-corrected chi connectivity index (χ1v) is 8.18. The van der Waals surface area contributed by atoms with Crippen molar-refractivity contribution in [2.45, 2.75) is 18.7 Å². The number of amides is 1. The summed E-state index contributed by atoms with van der Waals surface area (Å²) >= 11 is 0. The van der Waals surface area contributed by atoms with Crippen LogP contribution in [0.2, 0.25) is 0 Å². The highest BCUT2D eigenvalue weighted by molar-refractivity contribution is 5.97. The predicted octanol–water partition coefficient (Wildman–Crippen LogP) is 3.43. The Hall–Kier alpha value is -3.81. The maximum absolute atomic E-state index is 13.6. The number of halogens is 4.